The molecule has 0 radical (unpaired) electrons. The fourth-order valence-electron chi connectivity index (χ4n) is 0.819. The Morgan fingerprint density at radius 1 is 1.46 bits per heavy atom. The maximum absolute atomic E-state index is 10.3. The molecule has 0 aromatic heterocycles. The predicted molar refractivity (Wildman–Crippen MR) is 54.0 cm³/mol. The van der Waals surface area contributed by atoms with Gasteiger partial charge in [-0.05, 0) is 12.1 Å². The van der Waals surface area contributed by atoms with Crippen LogP contribution in [0.4, 0.5) is 5.69 Å². The molecule has 0 atom stereocenters. The van der Waals surface area contributed by atoms with Crippen molar-refractivity contribution in [3.8, 4) is 0 Å². The number of nitro benzene ring substituents is 1. The summed E-state index contributed by atoms with van der Waals surface area (Å²) in [6.45, 7) is 3.59. The van der Waals surface area contributed by atoms with Crippen molar-refractivity contribution in [1.29, 1.82) is 0 Å². The quantitative estimate of drug-likeness (QED) is 0.321. The maximum atomic E-state index is 10.3. The Morgan fingerprint density at radius 2 is 2.08 bits per heavy atom. The lowest BCUT2D eigenvalue weighted by Gasteiger charge is -1.96. The van der Waals surface area contributed by atoms with E-state index in [0.717, 1.165) is 10.6 Å². The van der Waals surface area contributed by atoms with Crippen LogP contribution in [0.5, 0.6) is 0 Å². The molecule has 13 heavy (non-hydrogen) atoms. The van der Waals surface area contributed by atoms with Crippen LogP contribution in [-0.4, -0.2) is 10.7 Å². The minimum absolute atomic E-state index is 0.128. The van der Waals surface area contributed by atoms with Gasteiger partial charge in [0, 0.05) is 22.8 Å². The molecule has 0 heterocycles. The highest BCUT2D eigenvalue weighted by molar-refractivity contribution is 7.99. The van der Waals surface area contributed by atoms with Crippen molar-refractivity contribution >= 4 is 17.4 Å². The van der Waals surface area contributed by atoms with E-state index < -0.39 is 4.92 Å². The minimum atomic E-state index is -0.401. The predicted octanol–water partition coefficient (Wildman–Crippen LogP) is 2.87. The first-order valence-electron chi connectivity index (χ1n) is 3.72. The molecule has 0 unspecified atom stereocenters. The van der Waals surface area contributed by atoms with Crippen LogP contribution in [0.1, 0.15) is 0 Å². The molecule has 0 bridgehead atoms. The summed E-state index contributed by atoms with van der Waals surface area (Å²) in [7, 11) is 0. The van der Waals surface area contributed by atoms with Gasteiger partial charge in [0.05, 0.1) is 4.92 Å². The number of hydrogen-bond donors (Lipinski definition) is 0. The molecule has 1 aromatic carbocycles. The first-order valence-corrected chi connectivity index (χ1v) is 4.71. The Bertz CT molecular complexity index is 308. The van der Waals surface area contributed by atoms with Gasteiger partial charge in [0.15, 0.2) is 0 Å². The van der Waals surface area contributed by atoms with Crippen molar-refractivity contribution in [2.24, 2.45) is 0 Å². The van der Waals surface area contributed by atoms with Crippen LogP contribution in [0.3, 0.4) is 0 Å². The van der Waals surface area contributed by atoms with Gasteiger partial charge < -0.3 is 0 Å². The molecule has 0 spiro atoms. The Morgan fingerprint density at radius 3 is 2.54 bits per heavy atom. The molecular weight excluding hydrogens is 186 g/mol. The zero-order valence-corrected chi connectivity index (χ0v) is 7.79. The van der Waals surface area contributed by atoms with Crippen molar-refractivity contribution in [2.75, 3.05) is 5.75 Å². The van der Waals surface area contributed by atoms with Crippen LogP contribution in [0, 0.1) is 10.1 Å². The lowest BCUT2D eigenvalue weighted by Crippen LogP contribution is -1.86. The monoisotopic (exact) mass is 195 g/mol. The lowest BCUT2D eigenvalue weighted by molar-refractivity contribution is -0.384. The van der Waals surface area contributed by atoms with Crippen molar-refractivity contribution < 1.29 is 4.92 Å². The number of non-ortho nitro benzene ring substituents is 1. The summed E-state index contributed by atoms with van der Waals surface area (Å²) in [5.41, 5.74) is 0.128. The van der Waals surface area contributed by atoms with Crippen LogP contribution >= 0.6 is 11.8 Å². The van der Waals surface area contributed by atoms with Gasteiger partial charge in [-0.1, -0.05) is 6.08 Å². The van der Waals surface area contributed by atoms with Crippen LogP contribution in [-0.2, 0) is 0 Å². The average Bonchev–Trinajstić information content (AvgIpc) is 2.15. The van der Waals surface area contributed by atoms with Gasteiger partial charge in [0.2, 0.25) is 0 Å². The van der Waals surface area contributed by atoms with Gasteiger partial charge in [-0.25, -0.2) is 0 Å². The third-order valence-corrected chi connectivity index (χ3v) is 2.42. The molecule has 0 amide bonds. The highest BCUT2D eigenvalue weighted by atomic mass is 32.2. The second-order valence-electron chi connectivity index (χ2n) is 2.35. The summed E-state index contributed by atoms with van der Waals surface area (Å²) in [4.78, 5) is 10.9. The maximum Gasteiger partial charge on any atom is 0.269 e. The van der Waals surface area contributed by atoms with Gasteiger partial charge in [-0.15, -0.1) is 18.3 Å². The van der Waals surface area contributed by atoms with Gasteiger partial charge >= 0.3 is 0 Å². The molecule has 0 aliphatic rings. The van der Waals surface area contributed by atoms with Gasteiger partial charge in [-0.2, -0.15) is 0 Å². The van der Waals surface area contributed by atoms with E-state index in [0.29, 0.717) is 0 Å². The van der Waals surface area contributed by atoms with Gasteiger partial charge in [0.1, 0.15) is 0 Å². The van der Waals surface area contributed by atoms with Crippen molar-refractivity contribution in [3.05, 3.63) is 47.0 Å². The van der Waals surface area contributed by atoms with Crippen LogP contribution in [0.15, 0.2) is 41.8 Å². The summed E-state index contributed by atoms with van der Waals surface area (Å²) >= 11 is 1.60. The molecule has 0 N–H and O–H groups in total. The first kappa shape index (κ1) is 9.80. The number of benzene rings is 1. The molecule has 68 valence electrons. The summed E-state index contributed by atoms with van der Waals surface area (Å²) in [6.07, 6.45) is 1.80. The fraction of sp³-hybridized carbons (Fsp3) is 0.111. The third-order valence-electron chi connectivity index (χ3n) is 1.42. The van der Waals surface area contributed by atoms with Gasteiger partial charge in [0.25, 0.3) is 5.69 Å². The highest BCUT2D eigenvalue weighted by Gasteiger charge is 2.02. The van der Waals surface area contributed by atoms with Crippen LogP contribution in [0.2, 0.25) is 0 Å². The van der Waals surface area contributed by atoms with E-state index in [1.165, 1.54) is 12.1 Å². The van der Waals surface area contributed by atoms with E-state index >= 15 is 0 Å². The van der Waals surface area contributed by atoms with Crippen LogP contribution < -0.4 is 0 Å². The molecule has 3 nitrogen and oxygen atoms in total. The molecule has 4 heteroatoms. The largest absolute Gasteiger partial charge is 0.269 e. The summed E-state index contributed by atoms with van der Waals surface area (Å²) in [5, 5.41) is 10.3. The second kappa shape index (κ2) is 4.67. The molecule has 0 saturated heterocycles. The minimum Gasteiger partial charge on any atom is -0.258 e. The number of rotatable bonds is 4. The van der Waals surface area contributed by atoms with Crippen molar-refractivity contribution in [2.45, 2.75) is 4.90 Å². The van der Waals surface area contributed by atoms with E-state index in [4.69, 9.17) is 0 Å². The Labute approximate surface area is 80.6 Å². The highest BCUT2D eigenvalue weighted by Crippen LogP contribution is 2.20. The number of thioether (sulfide) groups is 1. The van der Waals surface area contributed by atoms with E-state index in [1.807, 2.05) is 0 Å². The number of nitrogens with zero attached hydrogens (tertiary/aromatic N) is 1. The first-order chi connectivity index (χ1) is 6.24. The fourth-order valence-corrected chi connectivity index (χ4v) is 1.46. The molecule has 0 fully saturated rings. The average molecular weight is 195 g/mol. The summed E-state index contributed by atoms with van der Waals surface area (Å²) in [6, 6.07) is 6.50. The third kappa shape index (κ3) is 2.91. The summed E-state index contributed by atoms with van der Waals surface area (Å²) in [5.74, 6) is 0.817. The van der Waals surface area contributed by atoms with Gasteiger partial charge in [-0.3, -0.25) is 10.1 Å². The zero-order chi connectivity index (χ0) is 9.68. The van der Waals surface area contributed by atoms with Crippen molar-refractivity contribution in [1.82, 2.24) is 0 Å². The molecule has 1 rings (SSSR count). The standard InChI is InChI=1S/C9H9NO2S/c1-2-7-13-9-5-3-8(4-6-9)10(11)12/h2-6H,1,7H2. The Kier molecular flexibility index (Phi) is 3.52. The Hall–Kier alpha value is -1.29. The molecule has 0 saturated carbocycles. The number of hydrogen-bond acceptors (Lipinski definition) is 3. The molecular formula is C9H9NO2S. The Balaban J connectivity index is 2.69. The van der Waals surface area contributed by atoms with Crippen molar-refractivity contribution in [3.63, 3.8) is 0 Å². The number of nitro groups is 1. The summed E-state index contributed by atoms with van der Waals surface area (Å²) < 4.78 is 0. The van der Waals surface area contributed by atoms with E-state index in [9.17, 15) is 10.1 Å². The second-order valence-corrected chi connectivity index (χ2v) is 3.44. The molecule has 1 aromatic rings. The van der Waals surface area contributed by atoms with E-state index in [-0.39, 0.29) is 5.69 Å². The molecule has 0 aliphatic heterocycles. The lowest BCUT2D eigenvalue weighted by atomic mass is 10.3. The topological polar surface area (TPSA) is 43.1 Å². The van der Waals surface area contributed by atoms with Crippen LogP contribution in [0.25, 0.3) is 0 Å². The normalized spacial score (nSPS) is 9.54. The van der Waals surface area contributed by atoms with E-state index in [2.05, 4.69) is 6.58 Å². The van der Waals surface area contributed by atoms with E-state index in [1.54, 1.807) is 30.0 Å². The SMILES string of the molecule is C=CCSc1ccc([N+](=O)[O-])cc1. The smallest absolute Gasteiger partial charge is 0.258 e. The zero-order valence-electron chi connectivity index (χ0n) is 6.97. The molecule has 0 aliphatic carbocycles.